The molecule has 0 aliphatic rings. The fraction of sp³-hybridized carbons (Fsp3) is 0.167. The SMILES string of the molecule is O=C(NCCc1ccco1)c1cccc(Br)n1. The van der Waals surface area contributed by atoms with Crippen LogP contribution in [0.5, 0.6) is 0 Å². The summed E-state index contributed by atoms with van der Waals surface area (Å²) in [6, 6.07) is 8.93. The quantitative estimate of drug-likeness (QED) is 0.881. The maximum atomic E-state index is 11.7. The molecule has 2 rings (SSSR count). The van der Waals surface area contributed by atoms with Crippen molar-refractivity contribution < 1.29 is 9.21 Å². The van der Waals surface area contributed by atoms with Crippen LogP contribution in [0.25, 0.3) is 0 Å². The summed E-state index contributed by atoms with van der Waals surface area (Å²) in [5.74, 6) is 0.672. The summed E-state index contributed by atoms with van der Waals surface area (Å²) in [6.07, 6.45) is 2.29. The van der Waals surface area contributed by atoms with E-state index in [9.17, 15) is 4.79 Å². The summed E-state index contributed by atoms with van der Waals surface area (Å²) in [6.45, 7) is 0.528. The Morgan fingerprint density at radius 1 is 1.35 bits per heavy atom. The van der Waals surface area contributed by atoms with Crippen molar-refractivity contribution >= 4 is 21.8 Å². The van der Waals surface area contributed by atoms with Crippen molar-refractivity contribution in [2.24, 2.45) is 0 Å². The van der Waals surface area contributed by atoms with Gasteiger partial charge in [0.2, 0.25) is 0 Å². The van der Waals surface area contributed by atoms with E-state index in [1.54, 1.807) is 24.5 Å². The zero-order valence-electron chi connectivity index (χ0n) is 9.02. The zero-order chi connectivity index (χ0) is 12.1. The van der Waals surface area contributed by atoms with E-state index < -0.39 is 0 Å². The predicted molar refractivity (Wildman–Crippen MR) is 66.7 cm³/mol. The molecule has 1 N–H and O–H groups in total. The van der Waals surface area contributed by atoms with Crippen molar-refractivity contribution in [1.82, 2.24) is 10.3 Å². The molecule has 0 saturated heterocycles. The Labute approximate surface area is 107 Å². The molecule has 0 saturated carbocycles. The minimum Gasteiger partial charge on any atom is -0.469 e. The first-order chi connectivity index (χ1) is 8.25. The van der Waals surface area contributed by atoms with Gasteiger partial charge >= 0.3 is 0 Å². The van der Waals surface area contributed by atoms with Crippen LogP contribution in [-0.2, 0) is 6.42 Å². The summed E-state index contributed by atoms with van der Waals surface area (Å²) in [7, 11) is 0. The number of aromatic nitrogens is 1. The molecule has 0 spiro atoms. The van der Waals surface area contributed by atoms with Crippen LogP contribution in [0.1, 0.15) is 16.2 Å². The lowest BCUT2D eigenvalue weighted by atomic mass is 10.3. The lowest BCUT2D eigenvalue weighted by Gasteiger charge is -2.03. The highest BCUT2D eigenvalue weighted by atomic mass is 79.9. The number of rotatable bonds is 4. The van der Waals surface area contributed by atoms with Crippen LogP contribution in [0, 0.1) is 0 Å². The van der Waals surface area contributed by atoms with Gasteiger partial charge in [0, 0.05) is 13.0 Å². The molecule has 2 aromatic rings. The standard InChI is InChI=1S/C12H11BrN2O2/c13-11-5-1-4-10(15-11)12(16)14-7-6-9-3-2-8-17-9/h1-5,8H,6-7H2,(H,14,16). The Balaban J connectivity index is 1.85. The average Bonchev–Trinajstić information content (AvgIpc) is 2.82. The number of carbonyl (C=O) groups is 1. The Kier molecular flexibility index (Phi) is 3.93. The van der Waals surface area contributed by atoms with Crippen LogP contribution in [-0.4, -0.2) is 17.4 Å². The predicted octanol–water partition coefficient (Wildman–Crippen LogP) is 2.41. The van der Waals surface area contributed by atoms with Crippen molar-refractivity contribution in [2.75, 3.05) is 6.54 Å². The molecule has 0 radical (unpaired) electrons. The molecule has 0 aliphatic heterocycles. The highest BCUT2D eigenvalue weighted by Gasteiger charge is 2.06. The van der Waals surface area contributed by atoms with Crippen LogP contribution >= 0.6 is 15.9 Å². The third-order valence-corrected chi connectivity index (χ3v) is 2.63. The molecule has 17 heavy (non-hydrogen) atoms. The maximum Gasteiger partial charge on any atom is 0.269 e. The lowest BCUT2D eigenvalue weighted by molar-refractivity contribution is 0.0948. The molecule has 0 aliphatic carbocycles. The molecule has 88 valence electrons. The second-order valence-corrected chi connectivity index (χ2v) is 4.24. The second-order valence-electron chi connectivity index (χ2n) is 3.43. The number of carbonyl (C=O) groups excluding carboxylic acids is 1. The van der Waals surface area contributed by atoms with Crippen molar-refractivity contribution in [3.8, 4) is 0 Å². The van der Waals surface area contributed by atoms with Crippen molar-refractivity contribution in [2.45, 2.75) is 6.42 Å². The Bertz CT molecular complexity index is 497. The molecule has 0 fully saturated rings. The number of nitrogens with zero attached hydrogens (tertiary/aromatic N) is 1. The van der Waals surface area contributed by atoms with E-state index in [4.69, 9.17) is 4.42 Å². The van der Waals surface area contributed by atoms with E-state index >= 15 is 0 Å². The molecule has 0 bridgehead atoms. The molecule has 0 aromatic carbocycles. The summed E-state index contributed by atoms with van der Waals surface area (Å²) in [5.41, 5.74) is 0.402. The first kappa shape index (κ1) is 11.9. The molecule has 5 heteroatoms. The average molecular weight is 295 g/mol. The van der Waals surface area contributed by atoms with Gasteiger partial charge < -0.3 is 9.73 Å². The van der Waals surface area contributed by atoms with E-state index in [-0.39, 0.29) is 5.91 Å². The van der Waals surface area contributed by atoms with Crippen LogP contribution in [0.4, 0.5) is 0 Å². The summed E-state index contributed by atoms with van der Waals surface area (Å²) < 4.78 is 5.81. The minimum atomic E-state index is -0.183. The van der Waals surface area contributed by atoms with Crippen LogP contribution in [0.15, 0.2) is 45.6 Å². The smallest absolute Gasteiger partial charge is 0.269 e. The van der Waals surface area contributed by atoms with Gasteiger partial charge in [-0.05, 0) is 40.2 Å². The topological polar surface area (TPSA) is 55.1 Å². The van der Waals surface area contributed by atoms with Crippen LogP contribution in [0.3, 0.4) is 0 Å². The Morgan fingerprint density at radius 2 is 2.24 bits per heavy atom. The largest absolute Gasteiger partial charge is 0.469 e. The van der Waals surface area contributed by atoms with Gasteiger partial charge in [0.15, 0.2) is 0 Å². The van der Waals surface area contributed by atoms with Gasteiger partial charge in [0.25, 0.3) is 5.91 Å². The van der Waals surface area contributed by atoms with Crippen molar-refractivity contribution in [1.29, 1.82) is 0 Å². The van der Waals surface area contributed by atoms with Crippen LogP contribution in [0.2, 0.25) is 0 Å². The molecule has 2 heterocycles. The minimum absolute atomic E-state index is 0.183. The van der Waals surface area contributed by atoms with Gasteiger partial charge in [-0.3, -0.25) is 4.79 Å². The molecule has 1 amide bonds. The molecular weight excluding hydrogens is 284 g/mol. The van der Waals surface area contributed by atoms with Gasteiger partial charge in [0.05, 0.1) is 6.26 Å². The first-order valence-corrected chi connectivity index (χ1v) is 5.98. The molecule has 4 nitrogen and oxygen atoms in total. The van der Waals surface area contributed by atoms with E-state index in [1.165, 1.54) is 0 Å². The van der Waals surface area contributed by atoms with Crippen molar-refractivity contribution in [3.63, 3.8) is 0 Å². The van der Waals surface area contributed by atoms with Gasteiger partial charge in [-0.2, -0.15) is 0 Å². The first-order valence-electron chi connectivity index (χ1n) is 5.19. The number of halogens is 1. The number of furan rings is 1. The normalized spacial score (nSPS) is 10.2. The monoisotopic (exact) mass is 294 g/mol. The Morgan fingerprint density at radius 3 is 2.94 bits per heavy atom. The number of pyridine rings is 1. The summed E-state index contributed by atoms with van der Waals surface area (Å²) >= 11 is 3.22. The number of hydrogen-bond acceptors (Lipinski definition) is 3. The fourth-order valence-corrected chi connectivity index (χ4v) is 1.72. The third-order valence-electron chi connectivity index (χ3n) is 2.18. The van der Waals surface area contributed by atoms with E-state index in [2.05, 4.69) is 26.2 Å². The fourth-order valence-electron chi connectivity index (χ4n) is 1.38. The molecule has 2 aromatic heterocycles. The van der Waals surface area contributed by atoms with Crippen LogP contribution < -0.4 is 5.32 Å². The number of hydrogen-bond donors (Lipinski definition) is 1. The zero-order valence-corrected chi connectivity index (χ0v) is 10.6. The van der Waals surface area contributed by atoms with Gasteiger partial charge in [-0.25, -0.2) is 4.98 Å². The van der Waals surface area contributed by atoms with Gasteiger partial charge in [-0.1, -0.05) is 6.07 Å². The molecule has 0 unspecified atom stereocenters. The highest BCUT2D eigenvalue weighted by Crippen LogP contribution is 2.06. The number of nitrogens with one attached hydrogen (secondary N) is 1. The van der Waals surface area contributed by atoms with E-state index in [0.717, 1.165) is 5.76 Å². The maximum absolute atomic E-state index is 11.7. The number of amides is 1. The summed E-state index contributed by atoms with van der Waals surface area (Å²) in [5, 5.41) is 2.78. The van der Waals surface area contributed by atoms with E-state index in [0.29, 0.717) is 23.3 Å². The second kappa shape index (κ2) is 5.63. The van der Waals surface area contributed by atoms with E-state index in [1.807, 2.05) is 12.1 Å². The highest BCUT2D eigenvalue weighted by molar-refractivity contribution is 9.10. The van der Waals surface area contributed by atoms with Crippen molar-refractivity contribution in [3.05, 3.63) is 52.7 Å². The summed E-state index contributed by atoms with van der Waals surface area (Å²) in [4.78, 5) is 15.8. The lowest BCUT2D eigenvalue weighted by Crippen LogP contribution is -2.26. The molecule has 0 atom stereocenters. The van der Waals surface area contributed by atoms with Gasteiger partial charge in [-0.15, -0.1) is 0 Å². The third kappa shape index (κ3) is 3.42. The van der Waals surface area contributed by atoms with Gasteiger partial charge in [0.1, 0.15) is 16.1 Å². The Hall–Kier alpha value is -1.62. The molecular formula is C12H11BrN2O2.